The smallest absolute Gasteiger partial charge is 0.0897 e. The zero-order chi connectivity index (χ0) is 16.3. The van der Waals surface area contributed by atoms with Crippen LogP contribution in [0.5, 0.6) is 0 Å². The number of hydrogen-bond donors (Lipinski definition) is 1. The van der Waals surface area contributed by atoms with Crippen molar-refractivity contribution < 1.29 is 5.11 Å². The highest BCUT2D eigenvalue weighted by Crippen LogP contribution is 2.35. The minimum atomic E-state index is -0.00983. The number of aliphatic hydroxyl groups is 1. The molecule has 1 N–H and O–H groups in total. The molecule has 3 nitrogen and oxygen atoms in total. The van der Waals surface area contributed by atoms with Gasteiger partial charge in [-0.1, -0.05) is 24.3 Å². The van der Waals surface area contributed by atoms with E-state index in [-0.39, 0.29) is 12.0 Å². The molecule has 0 bridgehead atoms. The van der Waals surface area contributed by atoms with Gasteiger partial charge in [0.25, 0.3) is 0 Å². The number of likely N-dealkylation sites (tertiary alicyclic amines) is 1. The highest BCUT2D eigenvalue weighted by Gasteiger charge is 2.35. The number of nitrogens with zero attached hydrogens (tertiary/aromatic N) is 2. The first-order valence-electron chi connectivity index (χ1n) is 8.39. The molecule has 0 saturated carbocycles. The van der Waals surface area contributed by atoms with Gasteiger partial charge >= 0.3 is 0 Å². The summed E-state index contributed by atoms with van der Waals surface area (Å²) in [5.74, 6) is 0. The molecule has 1 atom stereocenters. The molecule has 0 radical (unpaired) electrons. The van der Waals surface area contributed by atoms with Crippen molar-refractivity contribution in [3.63, 3.8) is 0 Å². The molecule has 124 valence electrons. The highest BCUT2D eigenvalue weighted by atomic mass is 32.1. The maximum Gasteiger partial charge on any atom is 0.0897 e. The average Bonchev–Trinajstić information content (AvgIpc) is 2.95. The Kier molecular flexibility index (Phi) is 5.14. The summed E-state index contributed by atoms with van der Waals surface area (Å²) in [4.78, 5) is 8.18. The lowest BCUT2D eigenvalue weighted by atomic mass is 9.75. The molecule has 1 aliphatic rings. The van der Waals surface area contributed by atoms with Crippen LogP contribution >= 0.6 is 11.3 Å². The minimum Gasteiger partial charge on any atom is -0.396 e. The number of rotatable bonds is 5. The molecular weight excluding hydrogens is 304 g/mol. The van der Waals surface area contributed by atoms with E-state index in [1.54, 1.807) is 11.3 Å². The van der Waals surface area contributed by atoms with Crippen LogP contribution in [0.3, 0.4) is 0 Å². The first kappa shape index (κ1) is 16.6. The van der Waals surface area contributed by atoms with Crippen molar-refractivity contribution in [2.45, 2.75) is 39.7 Å². The quantitative estimate of drug-likeness (QED) is 0.910. The predicted octanol–water partition coefficient (Wildman–Crippen LogP) is 3.58. The summed E-state index contributed by atoms with van der Waals surface area (Å²) in [6.07, 6.45) is 5.23. The molecule has 0 spiro atoms. The third-order valence-corrected chi connectivity index (χ3v) is 5.85. The summed E-state index contributed by atoms with van der Waals surface area (Å²) in [5, 5.41) is 11.3. The summed E-state index contributed by atoms with van der Waals surface area (Å²) in [6.45, 7) is 7.53. The molecule has 0 aliphatic carbocycles. The van der Waals surface area contributed by atoms with Crippen molar-refractivity contribution in [1.82, 2.24) is 9.88 Å². The van der Waals surface area contributed by atoms with Crippen LogP contribution in [0.4, 0.5) is 0 Å². The second-order valence-electron chi connectivity index (χ2n) is 6.92. The normalized spacial score (nSPS) is 22.4. The topological polar surface area (TPSA) is 36.4 Å². The van der Waals surface area contributed by atoms with Gasteiger partial charge in [0.05, 0.1) is 11.6 Å². The molecule has 0 unspecified atom stereocenters. The molecule has 3 rings (SSSR count). The summed E-state index contributed by atoms with van der Waals surface area (Å²) in [5.41, 5.74) is 2.69. The van der Waals surface area contributed by atoms with Gasteiger partial charge in [-0.25, -0.2) is 4.98 Å². The SMILES string of the molecule is Cc1ncc(CN2CCC[C@](CO)(Cc3ccccc3C)C2)s1. The van der Waals surface area contributed by atoms with Crippen molar-refractivity contribution >= 4 is 11.3 Å². The Hall–Kier alpha value is -1.23. The van der Waals surface area contributed by atoms with Gasteiger partial charge < -0.3 is 5.11 Å². The zero-order valence-electron chi connectivity index (χ0n) is 14.1. The Labute approximate surface area is 143 Å². The number of thiazole rings is 1. The van der Waals surface area contributed by atoms with Gasteiger partial charge in [0, 0.05) is 29.6 Å². The predicted molar refractivity (Wildman–Crippen MR) is 95.8 cm³/mol. The van der Waals surface area contributed by atoms with E-state index in [1.165, 1.54) is 16.0 Å². The maximum atomic E-state index is 10.1. The van der Waals surface area contributed by atoms with E-state index in [0.717, 1.165) is 43.9 Å². The Bertz CT molecular complexity index is 654. The second kappa shape index (κ2) is 7.12. The first-order valence-corrected chi connectivity index (χ1v) is 9.21. The molecule has 1 aliphatic heterocycles. The molecule has 1 saturated heterocycles. The van der Waals surface area contributed by atoms with Gasteiger partial charge in [0.15, 0.2) is 0 Å². The summed E-state index contributed by atoms with van der Waals surface area (Å²) in [7, 11) is 0. The number of aryl methyl sites for hydroxylation is 2. The van der Waals surface area contributed by atoms with E-state index in [1.807, 2.05) is 6.20 Å². The highest BCUT2D eigenvalue weighted by molar-refractivity contribution is 7.11. The summed E-state index contributed by atoms with van der Waals surface area (Å²) in [6, 6.07) is 8.57. The molecule has 2 heterocycles. The first-order chi connectivity index (χ1) is 11.1. The van der Waals surface area contributed by atoms with Crippen molar-refractivity contribution in [1.29, 1.82) is 0 Å². The standard InChI is InChI=1S/C19H26N2OS/c1-15-6-3-4-7-17(15)10-19(14-22)8-5-9-21(13-19)12-18-11-20-16(2)23-18/h3-4,6-7,11,22H,5,8-10,12-14H2,1-2H3/t19-/m0/s1. The van der Waals surface area contributed by atoms with E-state index in [9.17, 15) is 5.11 Å². The van der Waals surface area contributed by atoms with E-state index in [2.05, 4.69) is 48.0 Å². The van der Waals surface area contributed by atoms with Crippen LogP contribution in [-0.4, -0.2) is 34.7 Å². The van der Waals surface area contributed by atoms with E-state index in [4.69, 9.17) is 0 Å². The second-order valence-corrected chi connectivity index (χ2v) is 8.24. The maximum absolute atomic E-state index is 10.1. The molecule has 1 aromatic carbocycles. The number of aliphatic hydroxyl groups excluding tert-OH is 1. The van der Waals surface area contributed by atoms with Crippen LogP contribution in [-0.2, 0) is 13.0 Å². The van der Waals surface area contributed by atoms with Crippen LogP contribution in [0.25, 0.3) is 0 Å². The van der Waals surface area contributed by atoms with Crippen LogP contribution in [0.15, 0.2) is 30.5 Å². The molecule has 23 heavy (non-hydrogen) atoms. The van der Waals surface area contributed by atoms with Crippen molar-refractivity contribution in [3.05, 3.63) is 51.5 Å². The van der Waals surface area contributed by atoms with E-state index >= 15 is 0 Å². The molecule has 2 aromatic rings. The third-order valence-electron chi connectivity index (χ3n) is 4.95. The minimum absolute atomic E-state index is 0.00983. The molecule has 0 amide bonds. The lowest BCUT2D eigenvalue weighted by Crippen LogP contribution is -2.46. The largest absolute Gasteiger partial charge is 0.396 e. The summed E-state index contributed by atoms with van der Waals surface area (Å²) < 4.78 is 0. The van der Waals surface area contributed by atoms with Gasteiger partial charge in [0.2, 0.25) is 0 Å². The van der Waals surface area contributed by atoms with E-state index in [0.29, 0.717) is 0 Å². The van der Waals surface area contributed by atoms with Crippen LogP contribution in [0, 0.1) is 19.3 Å². The summed E-state index contributed by atoms with van der Waals surface area (Å²) >= 11 is 1.78. The van der Waals surface area contributed by atoms with Crippen LogP contribution < -0.4 is 0 Å². The molecule has 1 fully saturated rings. The lowest BCUT2D eigenvalue weighted by molar-refractivity contribution is 0.0291. The Morgan fingerprint density at radius 2 is 2.13 bits per heavy atom. The number of benzene rings is 1. The third kappa shape index (κ3) is 4.00. The van der Waals surface area contributed by atoms with Gasteiger partial charge in [-0.15, -0.1) is 11.3 Å². The fraction of sp³-hybridized carbons (Fsp3) is 0.526. The van der Waals surface area contributed by atoms with Crippen molar-refractivity contribution in [3.8, 4) is 0 Å². The van der Waals surface area contributed by atoms with Gasteiger partial charge in [0.1, 0.15) is 0 Å². The molecular formula is C19H26N2OS. The number of piperidine rings is 1. The average molecular weight is 330 g/mol. The van der Waals surface area contributed by atoms with Gasteiger partial charge in [-0.3, -0.25) is 4.90 Å². The van der Waals surface area contributed by atoms with Crippen molar-refractivity contribution in [2.24, 2.45) is 5.41 Å². The number of hydrogen-bond acceptors (Lipinski definition) is 4. The van der Waals surface area contributed by atoms with Crippen LogP contribution in [0.2, 0.25) is 0 Å². The van der Waals surface area contributed by atoms with Gasteiger partial charge in [-0.2, -0.15) is 0 Å². The fourth-order valence-corrected chi connectivity index (χ4v) is 4.52. The fourth-order valence-electron chi connectivity index (χ4n) is 3.69. The Balaban J connectivity index is 1.72. The zero-order valence-corrected chi connectivity index (χ0v) is 14.9. The molecule has 1 aromatic heterocycles. The Morgan fingerprint density at radius 1 is 1.30 bits per heavy atom. The lowest BCUT2D eigenvalue weighted by Gasteiger charge is -2.42. The Morgan fingerprint density at radius 3 is 2.83 bits per heavy atom. The van der Waals surface area contributed by atoms with Crippen molar-refractivity contribution in [2.75, 3.05) is 19.7 Å². The monoisotopic (exact) mass is 330 g/mol. The van der Waals surface area contributed by atoms with E-state index < -0.39 is 0 Å². The molecule has 4 heteroatoms. The van der Waals surface area contributed by atoms with Gasteiger partial charge in [-0.05, 0) is 50.8 Å². The van der Waals surface area contributed by atoms with Crippen LogP contribution in [0.1, 0.15) is 33.9 Å². The number of aromatic nitrogens is 1.